The lowest BCUT2D eigenvalue weighted by atomic mass is 9.70. The summed E-state index contributed by atoms with van der Waals surface area (Å²) in [6.07, 6.45) is 13.5. The van der Waals surface area contributed by atoms with Crippen molar-refractivity contribution >= 4 is 11.9 Å². The molecule has 0 saturated heterocycles. The molecule has 3 fully saturated rings. The molecule has 234 valence electrons. The summed E-state index contributed by atoms with van der Waals surface area (Å²) in [5.41, 5.74) is 4.48. The number of carbonyl (C=O) groups excluding carboxylic acids is 2. The Kier molecular flexibility index (Phi) is 9.99. The molecule has 0 spiro atoms. The molecular formula is C36H54O6. The van der Waals surface area contributed by atoms with E-state index < -0.39 is 12.6 Å². The van der Waals surface area contributed by atoms with Crippen LogP contribution >= 0.6 is 0 Å². The molecule has 42 heavy (non-hydrogen) atoms. The van der Waals surface area contributed by atoms with E-state index in [1.807, 2.05) is 39.8 Å². The Bertz CT molecular complexity index is 1150. The summed E-state index contributed by atoms with van der Waals surface area (Å²) in [5.74, 6) is 1.96. The van der Waals surface area contributed by atoms with Crippen molar-refractivity contribution < 1.29 is 28.5 Å². The van der Waals surface area contributed by atoms with Crippen LogP contribution in [0.4, 0.5) is 0 Å². The molecule has 6 heteroatoms. The highest BCUT2D eigenvalue weighted by Crippen LogP contribution is 2.66. The number of rotatable bonds is 7. The monoisotopic (exact) mass is 582 g/mol. The van der Waals surface area contributed by atoms with E-state index in [1.54, 1.807) is 12.2 Å². The number of fused-ring (bicyclic) bond motifs is 2. The second kappa shape index (κ2) is 12.8. The van der Waals surface area contributed by atoms with E-state index in [4.69, 9.17) is 18.9 Å². The van der Waals surface area contributed by atoms with Gasteiger partial charge in [0.1, 0.15) is 0 Å². The maximum atomic E-state index is 11.6. The van der Waals surface area contributed by atoms with Crippen molar-refractivity contribution in [1.82, 2.24) is 0 Å². The van der Waals surface area contributed by atoms with Crippen LogP contribution < -0.4 is 0 Å². The number of esters is 2. The Morgan fingerprint density at radius 1 is 0.857 bits per heavy atom. The average molecular weight is 583 g/mol. The highest BCUT2D eigenvalue weighted by molar-refractivity contribution is 5.87. The lowest BCUT2D eigenvalue weighted by Gasteiger charge is -2.39. The first kappa shape index (κ1) is 32.7. The number of hydrogen-bond donors (Lipinski definition) is 0. The fourth-order valence-corrected chi connectivity index (χ4v) is 7.84. The molecule has 5 aliphatic rings. The number of hydrogen-bond acceptors (Lipinski definition) is 6. The molecule has 8 atom stereocenters. The van der Waals surface area contributed by atoms with Crippen molar-refractivity contribution in [3.63, 3.8) is 0 Å². The Labute approximate surface area is 254 Å². The van der Waals surface area contributed by atoms with E-state index >= 15 is 0 Å². The molecule has 2 aliphatic heterocycles. The van der Waals surface area contributed by atoms with Crippen LogP contribution in [0.3, 0.4) is 0 Å². The first-order chi connectivity index (χ1) is 19.6. The van der Waals surface area contributed by atoms with Gasteiger partial charge in [-0.3, -0.25) is 0 Å². The lowest BCUT2D eigenvalue weighted by molar-refractivity contribution is -0.182. The molecule has 2 heterocycles. The van der Waals surface area contributed by atoms with Gasteiger partial charge in [-0.2, -0.15) is 0 Å². The summed E-state index contributed by atoms with van der Waals surface area (Å²) in [7, 11) is 0. The quantitative estimate of drug-likeness (QED) is 0.282. The Morgan fingerprint density at radius 2 is 1.40 bits per heavy atom. The Hall–Kier alpha value is -2.18. The minimum absolute atomic E-state index is 0.177. The SMILES string of the molecule is CC(C)=CC1=CC(=O)OC1OC1CC2CCC1(C)C2(C)C.CC(C)=CC1=CC(=O)OC1O[C@@H]1C[C@H](C)CC[C@H]1C(C)C. The van der Waals surface area contributed by atoms with E-state index in [0.29, 0.717) is 23.2 Å². The number of allylic oxidation sites excluding steroid dienone is 2. The zero-order chi connectivity index (χ0) is 31.0. The molecule has 0 aromatic heterocycles. The Balaban J connectivity index is 0.000000193. The summed E-state index contributed by atoms with van der Waals surface area (Å²) in [6, 6.07) is 0. The summed E-state index contributed by atoms with van der Waals surface area (Å²) >= 11 is 0. The van der Waals surface area contributed by atoms with Gasteiger partial charge in [0.05, 0.1) is 12.2 Å². The molecule has 0 N–H and O–H groups in total. The molecule has 3 aliphatic carbocycles. The predicted molar refractivity (Wildman–Crippen MR) is 165 cm³/mol. The minimum atomic E-state index is -0.524. The van der Waals surface area contributed by atoms with Crippen molar-refractivity contribution in [3.05, 3.63) is 46.6 Å². The molecular weight excluding hydrogens is 528 g/mol. The largest absolute Gasteiger partial charge is 0.428 e. The van der Waals surface area contributed by atoms with Crippen LogP contribution in [0.25, 0.3) is 0 Å². The number of cyclic esters (lactones) is 2. The smallest absolute Gasteiger partial charge is 0.333 e. The van der Waals surface area contributed by atoms with Gasteiger partial charge in [0, 0.05) is 23.3 Å². The third-order valence-corrected chi connectivity index (χ3v) is 10.7. The van der Waals surface area contributed by atoms with Crippen LogP contribution in [0.1, 0.15) is 108 Å². The highest BCUT2D eigenvalue weighted by atomic mass is 16.7. The lowest BCUT2D eigenvalue weighted by Crippen LogP contribution is -2.39. The van der Waals surface area contributed by atoms with E-state index in [0.717, 1.165) is 41.1 Å². The van der Waals surface area contributed by atoms with Gasteiger partial charge in [0.25, 0.3) is 0 Å². The number of ether oxygens (including phenoxy) is 4. The molecule has 0 aromatic rings. The van der Waals surface area contributed by atoms with Gasteiger partial charge in [0.2, 0.25) is 12.6 Å². The van der Waals surface area contributed by atoms with E-state index in [1.165, 1.54) is 25.7 Å². The zero-order valence-corrected chi connectivity index (χ0v) is 27.6. The normalized spacial score (nSPS) is 36.5. The third kappa shape index (κ3) is 6.96. The van der Waals surface area contributed by atoms with Gasteiger partial charge in [-0.05, 0) is 94.3 Å². The van der Waals surface area contributed by atoms with Crippen molar-refractivity contribution in [3.8, 4) is 0 Å². The second-order valence-electron chi connectivity index (χ2n) is 15.0. The van der Waals surface area contributed by atoms with Crippen molar-refractivity contribution in [1.29, 1.82) is 0 Å². The Morgan fingerprint density at radius 3 is 1.86 bits per heavy atom. The maximum Gasteiger partial charge on any atom is 0.333 e. The highest BCUT2D eigenvalue weighted by Gasteiger charge is 2.62. The summed E-state index contributed by atoms with van der Waals surface area (Å²) < 4.78 is 23.2. The predicted octanol–water partition coefficient (Wildman–Crippen LogP) is 8.23. The van der Waals surface area contributed by atoms with Crippen LogP contribution in [0.5, 0.6) is 0 Å². The van der Waals surface area contributed by atoms with Gasteiger partial charge < -0.3 is 18.9 Å². The maximum absolute atomic E-state index is 11.6. The molecule has 2 bridgehead atoms. The molecule has 0 amide bonds. The fraction of sp³-hybridized carbons (Fsp3) is 0.722. The average Bonchev–Trinajstić information content (AvgIpc) is 3.51. The molecule has 3 saturated carbocycles. The third-order valence-electron chi connectivity index (χ3n) is 10.7. The first-order valence-corrected chi connectivity index (χ1v) is 16.1. The van der Waals surface area contributed by atoms with Crippen LogP contribution in [0.15, 0.2) is 46.6 Å². The zero-order valence-electron chi connectivity index (χ0n) is 27.6. The summed E-state index contributed by atoms with van der Waals surface area (Å²) in [4.78, 5) is 23.1. The topological polar surface area (TPSA) is 71.1 Å². The molecule has 6 nitrogen and oxygen atoms in total. The van der Waals surface area contributed by atoms with Gasteiger partial charge in [-0.25, -0.2) is 9.59 Å². The first-order valence-electron chi connectivity index (χ1n) is 16.1. The van der Waals surface area contributed by atoms with E-state index in [9.17, 15) is 9.59 Å². The molecule has 0 radical (unpaired) electrons. The van der Waals surface area contributed by atoms with Gasteiger partial charge in [-0.15, -0.1) is 0 Å². The minimum Gasteiger partial charge on any atom is -0.428 e. The van der Waals surface area contributed by atoms with Gasteiger partial charge in [0.15, 0.2) is 0 Å². The van der Waals surface area contributed by atoms with Crippen LogP contribution in [0, 0.1) is 34.5 Å². The van der Waals surface area contributed by atoms with Crippen molar-refractivity contribution in [2.24, 2.45) is 34.5 Å². The van der Waals surface area contributed by atoms with Gasteiger partial charge in [-0.1, -0.05) is 71.3 Å². The van der Waals surface area contributed by atoms with Crippen molar-refractivity contribution in [2.45, 2.75) is 133 Å². The van der Waals surface area contributed by atoms with Crippen LogP contribution in [-0.2, 0) is 28.5 Å². The fourth-order valence-electron chi connectivity index (χ4n) is 7.84. The molecule has 5 rings (SSSR count). The van der Waals surface area contributed by atoms with Crippen LogP contribution in [-0.4, -0.2) is 36.7 Å². The van der Waals surface area contributed by atoms with Crippen molar-refractivity contribution in [2.75, 3.05) is 0 Å². The van der Waals surface area contributed by atoms with E-state index in [-0.39, 0.29) is 29.6 Å². The number of carbonyl (C=O) groups is 2. The standard InChI is InChI=1S/C18H26O3.C18H28O3/c1-11(2)8-12-9-15(19)21-16(12)20-14-10-13-6-7-18(14,5)17(13,3)4;1-11(2)8-14-10-17(19)21-18(14)20-16-9-13(5)6-7-15(16)12(3)4/h8-9,13-14,16H,6-7,10H2,1-5H3;8,10,12-13,15-16,18H,6-7,9H2,1-5H3/t;13-,15+,16-,18?/m.1/s1. The second-order valence-corrected chi connectivity index (χ2v) is 15.0. The molecule has 0 aromatic carbocycles. The molecule has 5 unspecified atom stereocenters. The van der Waals surface area contributed by atoms with Gasteiger partial charge >= 0.3 is 11.9 Å². The summed E-state index contributed by atoms with van der Waals surface area (Å²) in [6.45, 7) is 21.9. The summed E-state index contributed by atoms with van der Waals surface area (Å²) in [5, 5.41) is 0. The van der Waals surface area contributed by atoms with Crippen LogP contribution in [0.2, 0.25) is 0 Å². The van der Waals surface area contributed by atoms with E-state index in [2.05, 4.69) is 41.5 Å².